The number of nitrogens with zero attached hydrogens (tertiary/aromatic N) is 1. The summed E-state index contributed by atoms with van der Waals surface area (Å²) < 4.78 is 11.2. The van der Waals surface area contributed by atoms with Gasteiger partial charge in [-0.25, -0.2) is 9.78 Å². The molecule has 0 aliphatic rings. The molecule has 0 atom stereocenters. The molecule has 4 rings (SSSR count). The average Bonchev–Trinajstić information content (AvgIpc) is 2.87. The molecule has 34 heavy (non-hydrogen) atoms. The van der Waals surface area contributed by atoms with E-state index >= 15 is 0 Å². The number of hydrogen-bond acceptors (Lipinski definition) is 4. The van der Waals surface area contributed by atoms with E-state index < -0.39 is 5.97 Å². The zero-order valence-corrected chi connectivity index (χ0v) is 19.5. The van der Waals surface area contributed by atoms with Gasteiger partial charge in [0.1, 0.15) is 18.1 Å². The fourth-order valence-electron chi connectivity index (χ4n) is 3.77. The van der Waals surface area contributed by atoms with Crippen molar-refractivity contribution in [3.05, 3.63) is 95.7 Å². The Bertz CT molecular complexity index is 1320. The highest BCUT2D eigenvalue weighted by atomic mass is 16.5. The van der Waals surface area contributed by atoms with Gasteiger partial charge in [0.2, 0.25) is 0 Å². The topological polar surface area (TPSA) is 48.4 Å². The number of carbonyl (C=O) groups is 1. The fourth-order valence-corrected chi connectivity index (χ4v) is 3.77. The van der Waals surface area contributed by atoms with Crippen LogP contribution in [0.3, 0.4) is 0 Å². The largest absolute Gasteiger partial charge is 0.481 e. The molecule has 3 aromatic carbocycles. The molecule has 0 amide bonds. The third-order valence-electron chi connectivity index (χ3n) is 5.65. The van der Waals surface area contributed by atoms with E-state index in [-0.39, 0.29) is 12.3 Å². The first-order valence-corrected chi connectivity index (χ1v) is 11.4. The Kier molecular flexibility index (Phi) is 7.25. The van der Waals surface area contributed by atoms with Crippen LogP contribution in [-0.4, -0.2) is 24.2 Å². The third-order valence-corrected chi connectivity index (χ3v) is 5.65. The van der Waals surface area contributed by atoms with E-state index in [0.29, 0.717) is 30.4 Å². The summed E-state index contributed by atoms with van der Waals surface area (Å²) in [6.45, 7) is 4.79. The smallest absolute Gasteiger partial charge is 0.356 e. The molecule has 0 radical (unpaired) electrons. The number of aromatic nitrogens is 1. The van der Waals surface area contributed by atoms with Crippen molar-refractivity contribution in [2.45, 2.75) is 26.2 Å². The van der Waals surface area contributed by atoms with Crippen LogP contribution < -0.4 is 4.74 Å². The van der Waals surface area contributed by atoms with Gasteiger partial charge in [-0.2, -0.15) is 0 Å². The zero-order chi connectivity index (χ0) is 23.9. The molecule has 0 aliphatic heterocycles. The minimum atomic E-state index is -0.439. The van der Waals surface area contributed by atoms with Crippen LogP contribution in [0.4, 0.5) is 0 Å². The Labute approximate surface area is 200 Å². The quantitative estimate of drug-likeness (QED) is 0.230. The number of benzene rings is 3. The summed E-state index contributed by atoms with van der Waals surface area (Å²) >= 11 is 0. The van der Waals surface area contributed by atoms with Gasteiger partial charge in [0, 0.05) is 17.4 Å². The van der Waals surface area contributed by atoms with E-state index in [4.69, 9.17) is 20.9 Å². The molecule has 170 valence electrons. The lowest BCUT2D eigenvalue weighted by Gasteiger charge is -2.13. The monoisotopic (exact) mass is 449 g/mol. The number of hydrogen-bond donors (Lipinski definition) is 0. The maximum atomic E-state index is 12.9. The molecular formula is C30H27NO3. The Morgan fingerprint density at radius 2 is 1.76 bits per heavy atom. The molecule has 0 spiro atoms. The first-order valence-electron chi connectivity index (χ1n) is 11.4. The van der Waals surface area contributed by atoms with E-state index in [1.54, 1.807) is 6.07 Å². The standard InChI is InChI=1S/C30H27NO3/c1-4-17-33-26-15-14-25-19-28(30(32)34-18-16-22-8-6-5-7-9-22)31-29(27(25)20-26)24-12-10-23(11-13-24)21(2)3/h1,5-15,19-21H,16-18H2,2-3H3. The number of ether oxygens (including phenoxy) is 2. The second kappa shape index (κ2) is 10.7. The lowest BCUT2D eigenvalue weighted by Crippen LogP contribution is -2.10. The van der Waals surface area contributed by atoms with Gasteiger partial charge in [-0.15, -0.1) is 6.42 Å². The molecule has 1 aromatic heterocycles. The minimum Gasteiger partial charge on any atom is -0.481 e. The first-order chi connectivity index (χ1) is 16.5. The van der Waals surface area contributed by atoms with Crippen molar-refractivity contribution in [3.63, 3.8) is 0 Å². The van der Waals surface area contributed by atoms with Gasteiger partial charge >= 0.3 is 5.97 Å². The van der Waals surface area contributed by atoms with Gasteiger partial charge in [-0.1, -0.05) is 80.4 Å². The van der Waals surface area contributed by atoms with Gasteiger partial charge < -0.3 is 9.47 Å². The summed E-state index contributed by atoms with van der Waals surface area (Å²) in [6, 6.07) is 25.6. The lowest BCUT2D eigenvalue weighted by molar-refractivity contribution is 0.0503. The molecule has 1 heterocycles. The number of fused-ring (bicyclic) bond motifs is 1. The molecular weight excluding hydrogens is 422 g/mol. The van der Waals surface area contributed by atoms with Crippen molar-refractivity contribution in [1.82, 2.24) is 4.98 Å². The molecule has 4 heteroatoms. The summed E-state index contributed by atoms with van der Waals surface area (Å²) in [5.74, 6) is 3.13. The van der Waals surface area contributed by atoms with Crippen LogP contribution in [0.5, 0.6) is 5.75 Å². The first kappa shape index (κ1) is 23.1. The molecule has 0 fully saturated rings. The van der Waals surface area contributed by atoms with E-state index in [2.05, 4.69) is 31.9 Å². The van der Waals surface area contributed by atoms with Crippen LogP contribution in [0.25, 0.3) is 22.0 Å². The van der Waals surface area contributed by atoms with Crippen molar-refractivity contribution in [2.75, 3.05) is 13.2 Å². The SMILES string of the molecule is C#CCOc1ccc2cc(C(=O)OCCc3ccccc3)nc(-c3ccc(C(C)C)cc3)c2c1. The van der Waals surface area contributed by atoms with Gasteiger partial charge in [0.15, 0.2) is 0 Å². The average molecular weight is 450 g/mol. The maximum absolute atomic E-state index is 12.9. The van der Waals surface area contributed by atoms with Crippen molar-refractivity contribution >= 4 is 16.7 Å². The van der Waals surface area contributed by atoms with E-state index in [0.717, 1.165) is 21.9 Å². The van der Waals surface area contributed by atoms with Crippen molar-refractivity contribution in [2.24, 2.45) is 0 Å². The molecule has 0 saturated heterocycles. The molecule has 0 aliphatic carbocycles. The molecule has 4 aromatic rings. The zero-order valence-electron chi connectivity index (χ0n) is 19.5. The van der Waals surface area contributed by atoms with Crippen molar-refractivity contribution < 1.29 is 14.3 Å². The Balaban J connectivity index is 1.67. The number of pyridine rings is 1. The van der Waals surface area contributed by atoms with Crippen LogP contribution in [0.1, 0.15) is 41.4 Å². The highest BCUT2D eigenvalue weighted by molar-refractivity contribution is 6.00. The maximum Gasteiger partial charge on any atom is 0.356 e. The number of terminal acetylenes is 1. The summed E-state index contributed by atoms with van der Waals surface area (Å²) in [5, 5.41) is 1.76. The Morgan fingerprint density at radius 3 is 2.47 bits per heavy atom. The predicted octanol–water partition coefficient (Wildman–Crippen LogP) is 6.44. The summed E-state index contributed by atoms with van der Waals surface area (Å²) in [6.07, 6.45) is 5.99. The third kappa shape index (κ3) is 5.44. The number of carbonyl (C=O) groups excluding carboxylic acids is 1. The highest BCUT2D eigenvalue weighted by Gasteiger charge is 2.16. The van der Waals surface area contributed by atoms with Gasteiger partial charge in [0.25, 0.3) is 0 Å². The van der Waals surface area contributed by atoms with Crippen LogP contribution >= 0.6 is 0 Å². The summed E-state index contributed by atoms with van der Waals surface area (Å²) in [5.41, 5.74) is 4.26. The predicted molar refractivity (Wildman–Crippen MR) is 136 cm³/mol. The van der Waals surface area contributed by atoms with Crippen LogP contribution in [0.2, 0.25) is 0 Å². The van der Waals surface area contributed by atoms with E-state index in [1.807, 2.05) is 60.7 Å². The molecule has 0 bridgehead atoms. The van der Waals surface area contributed by atoms with Gasteiger partial charge in [0.05, 0.1) is 12.3 Å². The van der Waals surface area contributed by atoms with E-state index in [9.17, 15) is 4.79 Å². The second-order valence-corrected chi connectivity index (χ2v) is 8.38. The molecule has 4 nitrogen and oxygen atoms in total. The van der Waals surface area contributed by atoms with Gasteiger partial charge in [-0.05, 0) is 40.6 Å². The van der Waals surface area contributed by atoms with Crippen LogP contribution in [0, 0.1) is 12.3 Å². The van der Waals surface area contributed by atoms with Crippen molar-refractivity contribution in [1.29, 1.82) is 0 Å². The molecule has 0 unspecified atom stereocenters. The summed E-state index contributed by atoms with van der Waals surface area (Å²) in [7, 11) is 0. The van der Waals surface area contributed by atoms with Crippen molar-refractivity contribution in [3.8, 4) is 29.4 Å². The minimum absolute atomic E-state index is 0.184. The molecule has 0 saturated carbocycles. The Morgan fingerprint density at radius 1 is 1.00 bits per heavy atom. The van der Waals surface area contributed by atoms with Crippen LogP contribution in [0.15, 0.2) is 78.9 Å². The number of rotatable bonds is 8. The van der Waals surface area contributed by atoms with E-state index in [1.165, 1.54) is 5.56 Å². The highest BCUT2D eigenvalue weighted by Crippen LogP contribution is 2.32. The normalized spacial score (nSPS) is 10.8. The second-order valence-electron chi connectivity index (χ2n) is 8.38. The van der Waals surface area contributed by atoms with Crippen LogP contribution in [-0.2, 0) is 11.2 Å². The molecule has 0 N–H and O–H groups in total. The summed E-state index contributed by atoms with van der Waals surface area (Å²) in [4.78, 5) is 17.6. The van der Waals surface area contributed by atoms with Gasteiger partial charge in [-0.3, -0.25) is 0 Å². The number of esters is 1. The Hall–Kier alpha value is -4.10. The lowest BCUT2D eigenvalue weighted by atomic mass is 9.98. The fraction of sp³-hybridized carbons (Fsp3) is 0.200.